The maximum absolute atomic E-state index is 8.91. The van der Waals surface area contributed by atoms with Gasteiger partial charge in [-0.2, -0.15) is 5.10 Å². The number of nitrogens with one attached hydrogen (secondary N) is 1. The molecule has 0 bridgehead atoms. The molecule has 0 aliphatic heterocycles. The maximum Gasteiger partial charge on any atom is 0.152 e. The number of rotatable bonds is 4. The van der Waals surface area contributed by atoms with Crippen molar-refractivity contribution >= 4 is 11.3 Å². The third-order valence-corrected chi connectivity index (χ3v) is 2.25. The molecule has 15 heavy (non-hydrogen) atoms. The van der Waals surface area contributed by atoms with Gasteiger partial charge in [0.15, 0.2) is 5.82 Å². The van der Waals surface area contributed by atoms with Gasteiger partial charge in [0, 0.05) is 25.5 Å². The summed E-state index contributed by atoms with van der Waals surface area (Å²) in [5.74, 6) is 1.02. The number of nitrogens with zero attached hydrogens (tertiary/aromatic N) is 3. The summed E-state index contributed by atoms with van der Waals surface area (Å²) in [4.78, 5) is 4.23. The van der Waals surface area contributed by atoms with E-state index in [1.165, 1.54) is 0 Å². The van der Waals surface area contributed by atoms with Gasteiger partial charge in [-0.05, 0) is 12.0 Å². The zero-order valence-electron chi connectivity index (χ0n) is 8.59. The van der Waals surface area contributed by atoms with Gasteiger partial charge in [-0.1, -0.05) is 6.92 Å². The minimum atomic E-state index is 0.176. The Morgan fingerprint density at radius 2 is 2.40 bits per heavy atom. The lowest BCUT2D eigenvalue weighted by atomic mass is 10.2. The van der Waals surface area contributed by atoms with Gasteiger partial charge in [0.05, 0.1) is 6.20 Å². The number of aromatic nitrogens is 3. The average Bonchev–Trinajstić information content (AvgIpc) is 2.74. The molecule has 0 radical (unpaired) electrons. The lowest BCUT2D eigenvalue weighted by molar-refractivity contribution is 0.244. The molecule has 0 aromatic carbocycles. The van der Waals surface area contributed by atoms with Gasteiger partial charge >= 0.3 is 0 Å². The molecule has 5 heteroatoms. The van der Waals surface area contributed by atoms with E-state index in [2.05, 4.69) is 15.4 Å². The van der Waals surface area contributed by atoms with Gasteiger partial charge in [-0.3, -0.25) is 0 Å². The van der Waals surface area contributed by atoms with Crippen molar-refractivity contribution in [3.63, 3.8) is 0 Å². The number of hydrogen-bond acceptors (Lipinski definition) is 4. The molecule has 0 saturated heterocycles. The summed E-state index contributed by atoms with van der Waals surface area (Å²) >= 11 is 0. The number of aliphatic hydroxyl groups excluding tert-OH is 1. The Kier molecular flexibility index (Phi) is 2.82. The lowest BCUT2D eigenvalue weighted by Crippen LogP contribution is -2.15. The first-order chi connectivity index (χ1) is 7.31. The van der Waals surface area contributed by atoms with Crippen LogP contribution < -0.4 is 5.32 Å². The SMILES string of the molecule is CC(CO)CNc1nccn2nccc12. The molecule has 1 unspecified atom stereocenters. The fraction of sp³-hybridized carbons (Fsp3) is 0.400. The van der Waals surface area contributed by atoms with Crippen molar-refractivity contribution in [2.45, 2.75) is 6.92 Å². The number of hydrogen-bond donors (Lipinski definition) is 2. The van der Waals surface area contributed by atoms with Crippen molar-refractivity contribution < 1.29 is 5.11 Å². The topological polar surface area (TPSA) is 62.5 Å². The largest absolute Gasteiger partial charge is 0.396 e. The lowest BCUT2D eigenvalue weighted by Gasteiger charge is -2.10. The summed E-state index contributed by atoms with van der Waals surface area (Å²) < 4.78 is 1.76. The normalized spacial score (nSPS) is 12.9. The molecule has 2 aromatic rings. The van der Waals surface area contributed by atoms with Gasteiger partial charge < -0.3 is 10.4 Å². The van der Waals surface area contributed by atoms with Crippen LogP contribution in [0, 0.1) is 5.92 Å². The van der Waals surface area contributed by atoms with E-state index in [1.54, 1.807) is 23.1 Å². The molecule has 80 valence electrons. The summed E-state index contributed by atoms with van der Waals surface area (Å²) in [6.07, 6.45) is 5.24. The van der Waals surface area contributed by atoms with E-state index in [4.69, 9.17) is 5.11 Å². The molecule has 2 heterocycles. The Morgan fingerprint density at radius 3 is 3.20 bits per heavy atom. The van der Waals surface area contributed by atoms with E-state index >= 15 is 0 Å². The highest BCUT2D eigenvalue weighted by Gasteiger charge is 2.04. The predicted molar refractivity (Wildman–Crippen MR) is 57.7 cm³/mol. The van der Waals surface area contributed by atoms with Crippen LogP contribution in [0.15, 0.2) is 24.7 Å². The first-order valence-corrected chi connectivity index (χ1v) is 4.94. The molecule has 5 nitrogen and oxygen atoms in total. The summed E-state index contributed by atoms with van der Waals surface area (Å²) in [5, 5.41) is 16.2. The molecule has 0 aliphatic carbocycles. The van der Waals surface area contributed by atoms with Gasteiger partial charge in [0.1, 0.15) is 5.52 Å². The molecule has 0 fully saturated rings. The van der Waals surface area contributed by atoms with Crippen LogP contribution in [0.1, 0.15) is 6.92 Å². The second-order valence-electron chi connectivity index (χ2n) is 3.61. The van der Waals surface area contributed by atoms with Crippen LogP contribution in [0.5, 0.6) is 0 Å². The minimum absolute atomic E-state index is 0.176. The summed E-state index contributed by atoms with van der Waals surface area (Å²) in [6, 6.07) is 1.90. The van der Waals surface area contributed by atoms with Crippen molar-refractivity contribution in [1.82, 2.24) is 14.6 Å². The molecule has 0 spiro atoms. The van der Waals surface area contributed by atoms with Crippen molar-refractivity contribution in [3.8, 4) is 0 Å². The monoisotopic (exact) mass is 206 g/mol. The highest BCUT2D eigenvalue weighted by Crippen LogP contribution is 2.12. The summed E-state index contributed by atoms with van der Waals surface area (Å²) in [5.41, 5.74) is 0.947. The van der Waals surface area contributed by atoms with Gasteiger partial charge in [0.2, 0.25) is 0 Å². The third-order valence-electron chi connectivity index (χ3n) is 2.25. The third kappa shape index (κ3) is 2.07. The maximum atomic E-state index is 8.91. The first kappa shape index (κ1) is 9.92. The van der Waals surface area contributed by atoms with E-state index in [-0.39, 0.29) is 12.5 Å². The van der Waals surface area contributed by atoms with Crippen molar-refractivity contribution in [2.75, 3.05) is 18.5 Å². The minimum Gasteiger partial charge on any atom is -0.396 e. The Hall–Kier alpha value is -1.62. The van der Waals surface area contributed by atoms with Gasteiger partial charge in [0.25, 0.3) is 0 Å². The zero-order valence-corrected chi connectivity index (χ0v) is 8.59. The average molecular weight is 206 g/mol. The second kappa shape index (κ2) is 4.27. The first-order valence-electron chi connectivity index (χ1n) is 4.94. The zero-order chi connectivity index (χ0) is 10.7. The second-order valence-corrected chi connectivity index (χ2v) is 3.61. The Labute approximate surface area is 87.8 Å². The summed E-state index contributed by atoms with van der Waals surface area (Å²) in [6.45, 7) is 2.85. The highest BCUT2D eigenvalue weighted by molar-refractivity contribution is 5.66. The molecule has 0 amide bonds. The molecule has 0 aliphatic rings. The number of aliphatic hydroxyl groups is 1. The highest BCUT2D eigenvalue weighted by atomic mass is 16.3. The smallest absolute Gasteiger partial charge is 0.152 e. The van der Waals surface area contributed by atoms with Crippen LogP contribution in [0.25, 0.3) is 5.52 Å². The molecule has 1 atom stereocenters. The number of anilines is 1. The van der Waals surface area contributed by atoms with E-state index in [1.807, 2.05) is 13.0 Å². The van der Waals surface area contributed by atoms with E-state index < -0.39 is 0 Å². The van der Waals surface area contributed by atoms with Gasteiger partial charge in [-0.15, -0.1) is 0 Å². The van der Waals surface area contributed by atoms with Crippen molar-refractivity contribution in [2.24, 2.45) is 5.92 Å². The number of fused-ring (bicyclic) bond motifs is 1. The quantitative estimate of drug-likeness (QED) is 0.775. The Morgan fingerprint density at radius 1 is 1.53 bits per heavy atom. The van der Waals surface area contributed by atoms with Crippen LogP contribution >= 0.6 is 0 Å². The van der Waals surface area contributed by atoms with Crippen LogP contribution in [0.2, 0.25) is 0 Å². The van der Waals surface area contributed by atoms with Gasteiger partial charge in [-0.25, -0.2) is 9.50 Å². The van der Waals surface area contributed by atoms with Crippen molar-refractivity contribution in [1.29, 1.82) is 0 Å². The fourth-order valence-electron chi connectivity index (χ4n) is 1.33. The molecule has 0 saturated carbocycles. The van der Waals surface area contributed by atoms with Crippen LogP contribution in [0.3, 0.4) is 0 Å². The summed E-state index contributed by atoms with van der Waals surface area (Å²) in [7, 11) is 0. The molecule has 2 rings (SSSR count). The molecule has 2 N–H and O–H groups in total. The van der Waals surface area contributed by atoms with Crippen molar-refractivity contribution in [3.05, 3.63) is 24.7 Å². The predicted octanol–water partition coefficient (Wildman–Crippen LogP) is 0.770. The van der Waals surface area contributed by atoms with E-state index in [0.29, 0.717) is 6.54 Å². The van der Waals surface area contributed by atoms with Crippen LogP contribution in [-0.4, -0.2) is 32.9 Å². The van der Waals surface area contributed by atoms with Crippen LogP contribution in [0.4, 0.5) is 5.82 Å². The van der Waals surface area contributed by atoms with E-state index in [9.17, 15) is 0 Å². The Balaban J connectivity index is 2.17. The standard InChI is InChI=1S/C10H14N4O/c1-8(7-15)6-12-10-9-2-3-13-14(9)5-4-11-10/h2-5,8,15H,6-7H2,1H3,(H,11,12). The molecular weight excluding hydrogens is 192 g/mol. The van der Waals surface area contributed by atoms with E-state index in [0.717, 1.165) is 11.3 Å². The fourth-order valence-corrected chi connectivity index (χ4v) is 1.33. The van der Waals surface area contributed by atoms with Crippen LogP contribution in [-0.2, 0) is 0 Å². The molecule has 2 aromatic heterocycles. The Bertz CT molecular complexity index is 440. The molecular formula is C10H14N4O.